The molecule has 0 aliphatic rings. The molecule has 0 unspecified atom stereocenters. The van der Waals surface area contributed by atoms with Gasteiger partial charge in [0.25, 0.3) is 0 Å². The molecular weight excluding hydrogens is 1960 g/mol. The Labute approximate surface area is 861 Å². The molecule has 16 rings (SSSR count). The van der Waals surface area contributed by atoms with Crippen LogP contribution in [0.2, 0.25) is 0 Å². The van der Waals surface area contributed by atoms with Crippen LogP contribution in [0.5, 0.6) is 98.9 Å². The lowest BCUT2D eigenvalue weighted by molar-refractivity contribution is -0.142. The van der Waals surface area contributed by atoms with Gasteiger partial charge < -0.3 is 42.6 Å². The molecule has 24 nitrogen and oxygen atoms in total. The number of halogens is 13. The zero-order valence-electron chi connectivity index (χ0n) is 85.8. The predicted octanol–water partition coefficient (Wildman–Crippen LogP) is 32.2. The molecule has 16 aromatic rings. The first-order chi connectivity index (χ1) is 71.1. The van der Waals surface area contributed by atoms with E-state index in [9.17, 15) is 57.1 Å². The third-order valence-corrected chi connectivity index (χ3v) is 20.0. The highest BCUT2D eigenvalue weighted by Gasteiger charge is 2.36. The van der Waals surface area contributed by atoms with Crippen molar-refractivity contribution in [1.82, 2.24) is 69.8 Å². The van der Waals surface area contributed by atoms with E-state index in [2.05, 4.69) is 111 Å². The number of alkyl halides is 6. The zero-order valence-corrected chi connectivity index (χ0v) is 85.8. The maximum absolute atomic E-state index is 13.6. The van der Waals surface area contributed by atoms with E-state index in [1.165, 1.54) is 103 Å². The number of nitriles is 1. The maximum Gasteiger partial charge on any atom is 0.433 e. The summed E-state index contributed by atoms with van der Waals surface area (Å²) in [5.41, 5.74) is 2.98. The van der Waals surface area contributed by atoms with E-state index in [-0.39, 0.29) is 99.3 Å². The zero-order chi connectivity index (χ0) is 110. The minimum absolute atomic E-state index is 0.0315. The number of aromatic nitrogens is 14. The molecule has 0 bridgehead atoms. The molecule has 0 N–H and O–H groups in total. The van der Waals surface area contributed by atoms with Gasteiger partial charge in [-0.25, -0.2) is 51.3 Å². The number of pyridine rings is 2. The van der Waals surface area contributed by atoms with Crippen LogP contribution < -0.4 is 42.6 Å². The van der Waals surface area contributed by atoms with E-state index < -0.39 is 53.0 Å². The van der Waals surface area contributed by atoms with E-state index in [4.69, 9.17) is 47.9 Å². The first-order valence-corrected chi connectivity index (χ1v) is 47.1. The Bertz CT molecular complexity index is 7090. The summed E-state index contributed by atoms with van der Waals surface area (Å²) in [5, 5.41) is 8.70. The van der Waals surface area contributed by atoms with Gasteiger partial charge in [0.2, 0.25) is 35.2 Å². The van der Waals surface area contributed by atoms with Gasteiger partial charge in [-0.15, -0.1) is 0 Å². The van der Waals surface area contributed by atoms with Crippen LogP contribution in [-0.4, -0.2) is 76.9 Å². The van der Waals surface area contributed by atoms with Crippen molar-refractivity contribution < 1.29 is 99.7 Å². The van der Waals surface area contributed by atoms with Crippen molar-refractivity contribution in [3.8, 4) is 105 Å². The minimum Gasteiger partial charge on any atom is -0.493 e. The van der Waals surface area contributed by atoms with Gasteiger partial charge in [0.05, 0.1) is 36.3 Å². The topological polar surface area (TPSA) is 287 Å². The fourth-order valence-electron chi connectivity index (χ4n) is 12.4. The lowest BCUT2D eigenvalue weighted by Crippen LogP contribution is -2.11. The summed E-state index contributed by atoms with van der Waals surface area (Å²) < 4.78 is 218. The van der Waals surface area contributed by atoms with Crippen molar-refractivity contribution in [1.29, 1.82) is 5.26 Å². The summed E-state index contributed by atoms with van der Waals surface area (Å²) in [6, 6.07) is 61.7. The molecule has 8 heterocycles. The first-order valence-electron chi connectivity index (χ1n) is 47.1. The summed E-state index contributed by atoms with van der Waals surface area (Å²) in [6.45, 7) is 36.7. The third-order valence-electron chi connectivity index (χ3n) is 20.0. The number of methoxy groups -OCH3 is 1. The fraction of sp³-hybridized carbons (Fsp3) is 0.265. The van der Waals surface area contributed by atoms with Crippen LogP contribution in [0.1, 0.15) is 238 Å². The quantitative estimate of drug-likeness (QED) is 0.0480. The average molecular weight is 2070 g/mol. The molecule has 0 saturated carbocycles. The second kappa shape index (κ2) is 56.3. The van der Waals surface area contributed by atoms with Crippen LogP contribution in [0, 0.1) is 72.8 Å². The van der Waals surface area contributed by atoms with Gasteiger partial charge in [0, 0.05) is 120 Å². The number of aryl methyl sites for hydroxylation is 3. The molecule has 0 aliphatic heterocycles. The van der Waals surface area contributed by atoms with Gasteiger partial charge >= 0.3 is 24.4 Å². The van der Waals surface area contributed by atoms with Crippen molar-refractivity contribution >= 4 is 0 Å². The Hall–Kier alpha value is -16.7. The molecule has 8 aromatic carbocycles. The second-order valence-corrected chi connectivity index (χ2v) is 35.3. The standard InChI is InChI=1S/C15H12F3N3O.C15H13F3O.C15H18N2O2.C14H12F4N2O.C14H15FN2O.C14H14FNO.C13H13FN2O.C13H15N3O/c1-9(2)12-7-13(15(16,17)18)21-14(20-12)22-11-5-3-10(8-19)4-6-11;1-9(2)10-6-13(17)15(18)14(7-10)19-12-5-3-4-11(16)8-12;1-10(2)15-16-11(3)9-14(17-15)19-13-8-6-5-7-12(13)18-4;1-8(2)11-7-12(14(16,17)18)20-13(19-11)21-10-5-3-4-9(15)6-10;1-9(2)14-16-10(3)7-13(17-14)18-12-6-4-5-11(15)8-12;1-10(2)13-7-4-8-16-14(13)17-12-6-3-5-11(15)9-12;1-9(2)13-15-7-6-12(16-13)17-11-5-3-4-10(14)8-11;1-9(2)13-15-10(3)7-12(16-13)17-11-5-4-6-14-8-11/h3-7,9H,1-2H3;3-9H,1-2H3;5-10H,1-4H3;3-8H,1-2H3;4-9H,1-3H3;3-10H,1-2H3;3-9H,1-2H3;4-9H,1-3H3. The van der Waals surface area contributed by atoms with E-state index in [0.29, 0.717) is 86.8 Å². The van der Waals surface area contributed by atoms with Crippen LogP contribution in [0.4, 0.5) is 57.1 Å². The summed E-state index contributed by atoms with van der Waals surface area (Å²) >= 11 is 0. The number of benzene rings is 8. The lowest BCUT2D eigenvalue weighted by Gasteiger charge is -2.12. The number of para-hydroxylation sites is 2. The number of nitrogens with zero attached hydrogens (tertiary/aromatic N) is 15. The van der Waals surface area contributed by atoms with Crippen LogP contribution in [-0.2, 0) is 12.4 Å². The molecule has 0 fully saturated rings. The summed E-state index contributed by atoms with van der Waals surface area (Å²) in [4.78, 5) is 57.4. The average Bonchev–Trinajstić information content (AvgIpc) is 0.908. The number of ether oxygens (including phenoxy) is 9. The minimum atomic E-state index is -4.60. The predicted molar refractivity (Wildman–Crippen MR) is 541 cm³/mol. The number of rotatable bonds is 25. The van der Waals surface area contributed by atoms with Gasteiger partial charge in [-0.1, -0.05) is 159 Å². The molecule has 784 valence electrons. The highest BCUT2D eigenvalue weighted by atomic mass is 19.4. The van der Waals surface area contributed by atoms with Crippen LogP contribution in [0.25, 0.3) is 0 Å². The van der Waals surface area contributed by atoms with E-state index in [0.717, 1.165) is 70.5 Å². The molecule has 0 saturated heterocycles. The van der Waals surface area contributed by atoms with Crippen LogP contribution >= 0.6 is 0 Å². The van der Waals surface area contributed by atoms with E-state index >= 15 is 0 Å². The van der Waals surface area contributed by atoms with Gasteiger partial charge in [0.1, 0.15) is 92.6 Å². The monoisotopic (exact) mass is 2070 g/mol. The third kappa shape index (κ3) is 38.9. The van der Waals surface area contributed by atoms with Gasteiger partial charge in [-0.2, -0.15) is 75.9 Å². The largest absolute Gasteiger partial charge is 0.493 e. The van der Waals surface area contributed by atoms with Crippen molar-refractivity contribution in [2.75, 3.05) is 7.11 Å². The van der Waals surface area contributed by atoms with Crippen LogP contribution in [0.3, 0.4) is 0 Å². The molecule has 0 atom stereocenters. The normalized spacial score (nSPS) is 10.9. The summed E-state index contributed by atoms with van der Waals surface area (Å²) in [7, 11) is 1.62. The van der Waals surface area contributed by atoms with Crippen molar-refractivity contribution in [2.45, 2.75) is 191 Å². The molecule has 0 spiro atoms. The molecule has 150 heavy (non-hydrogen) atoms. The molecule has 0 aliphatic carbocycles. The lowest BCUT2D eigenvalue weighted by atomic mass is 10.0. The smallest absolute Gasteiger partial charge is 0.433 e. The molecule has 0 amide bonds. The van der Waals surface area contributed by atoms with Crippen molar-refractivity contribution in [3.05, 3.63) is 388 Å². The van der Waals surface area contributed by atoms with E-state index in [1.807, 2.05) is 129 Å². The Morgan fingerprint density at radius 2 is 0.687 bits per heavy atom. The first kappa shape index (κ1) is 117. The Kier molecular flexibility index (Phi) is 43.9. The maximum atomic E-state index is 13.6. The summed E-state index contributed by atoms with van der Waals surface area (Å²) in [5.74, 6) is 5.84. The number of hydrogen-bond acceptors (Lipinski definition) is 24. The molecule has 8 aromatic heterocycles. The van der Waals surface area contributed by atoms with Crippen molar-refractivity contribution in [2.24, 2.45) is 0 Å². The summed E-state index contributed by atoms with van der Waals surface area (Å²) in [6.07, 6.45) is -2.51. The fourth-order valence-corrected chi connectivity index (χ4v) is 12.4. The highest BCUT2D eigenvalue weighted by Crippen LogP contribution is 2.39. The Morgan fingerprint density at radius 1 is 0.293 bits per heavy atom. The Morgan fingerprint density at radius 3 is 1.09 bits per heavy atom. The molecule has 37 heteroatoms. The second-order valence-electron chi connectivity index (χ2n) is 35.3. The molecule has 0 radical (unpaired) electrons. The highest BCUT2D eigenvalue weighted by molar-refractivity contribution is 5.44. The van der Waals surface area contributed by atoms with Gasteiger partial charge in [-0.3, -0.25) is 4.98 Å². The van der Waals surface area contributed by atoms with Gasteiger partial charge in [0.15, 0.2) is 34.5 Å². The van der Waals surface area contributed by atoms with Crippen molar-refractivity contribution in [3.63, 3.8) is 0 Å². The molecular formula is C113H112F13N15O9. The van der Waals surface area contributed by atoms with Gasteiger partial charge in [-0.05, 0) is 190 Å². The van der Waals surface area contributed by atoms with E-state index in [1.54, 1.807) is 108 Å². The number of hydrogen-bond donors (Lipinski definition) is 0. The Balaban J connectivity index is 0.000000190. The van der Waals surface area contributed by atoms with Crippen LogP contribution in [0.15, 0.2) is 267 Å². The SMILES string of the molecule is CC(C)c1cc(C(F)(F)F)nc(Oc2ccc(C#N)cc2)n1.CC(C)c1cc(C(F)(F)F)nc(Oc2cccc(F)c2)n1.CC(C)c1cc(F)c(F)c(Oc2cccc(F)c2)c1.CC(C)c1cccnc1Oc1cccc(F)c1.CC(C)c1nccc(Oc2cccc(F)c2)n1.COc1ccccc1Oc1cc(C)nc(C(C)C)n1.Cc1cc(Oc2cccc(F)c2)nc(C(C)C)n1.Cc1cc(Oc2cccnc2)nc(C(C)C)n1.